The van der Waals surface area contributed by atoms with Crippen molar-refractivity contribution < 1.29 is 28.6 Å². The third-order valence-corrected chi connectivity index (χ3v) is 11.6. The van der Waals surface area contributed by atoms with E-state index in [0.717, 1.165) is 77.0 Å². The fourth-order valence-electron chi connectivity index (χ4n) is 7.59. The first kappa shape index (κ1) is 58.6. The molecule has 0 aliphatic heterocycles. The topological polar surface area (TPSA) is 78.9 Å². The minimum atomic E-state index is -0.775. The van der Waals surface area contributed by atoms with Crippen molar-refractivity contribution in [3.05, 3.63) is 36.5 Å². The van der Waals surface area contributed by atoms with Gasteiger partial charge in [0.1, 0.15) is 13.2 Å². The highest BCUT2D eigenvalue weighted by Crippen LogP contribution is 2.15. The lowest BCUT2D eigenvalue weighted by Gasteiger charge is -2.18. The summed E-state index contributed by atoms with van der Waals surface area (Å²) in [4.78, 5) is 38.0. The molecule has 0 aliphatic rings. The van der Waals surface area contributed by atoms with E-state index in [1.807, 2.05) is 0 Å². The molecule has 0 amide bonds. The maximum Gasteiger partial charge on any atom is 0.306 e. The number of ether oxygens (including phenoxy) is 3. The SMILES string of the molecule is CCCCC/C=C\C/C=C\CCCCCCCC(=O)OC[C@H](COC(=O)CCCCCCCCC/C=C\CCCCCCCC)OC(=O)CCCCCCCCCCCCC. The molecule has 6 nitrogen and oxygen atoms in total. The molecule has 356 valence electrons. The van der Waals surface area contributed by atoms with Gasteiger partial charge in [0.2, 0.25) is 0 Å². The van der Waals surface area contributed by atoms with Gasteiger partial charge in [-0.3, -0.25) is 14.4 Å². The van der Waals surface area contributed by atoms with Crippen LogP contribution in [-0.4, -0.2) is 37.2 Å². The van der Waals surface area contributed by atoms with Crippen LogP contribution in [0, 0.1) is 0 Å². The molecule has 0 unspecified atom stereocenters. The molecule has 0 N–H and O–H groups in total. The van der Waals surface area contributed by atoms with Gasteiger partial charge >= 0.3 is 17.9 Å². The summed E-state index contributed by atoms with van der Waals surface area (Å²) in [7, 11) is 0. The van der Waals surface area contributed by atoms with Crippen LogP contribution < -0.4 is 0 Å². The van der Waals surface area contributed by atoms with Crippen molar-refractivity contribution in [2.24, 2.45) is 0 Å². The van der Waals surface area contributed by atoms with Crippen molar-refractivity contribution in [2.75, 3.05) is 13.2 Å². The maximum atomic E-state index is 12.8. The lowest BCUT2D eigenvalue weighted by atomic mass is 10.1. The van der Waals surface area contributed by atoms with Crippen molar-refractivity contribution in [2.45, 2.75) is 284 Å². The minimum Gasteiger partial charge on any atom is -0.462 e. The summed E-state index contributed by atoms with van der Waals surface area (Å²) in [5.41, 5.74) is 0. The lowest BCUT2D eigenvalue weighted by Crippen LogP contribution is -2.30. The molecular weight excluding hydrogens is 757 g/mol. The Balaban J connectivity index is 4.34. The van der Waals surface area contributed by atoms with Crippen molar-refractivity contribution in [1.82, 2.24) is 0 Å². The zero-order valence-corrected chi connectivity index (χ0v) is 40.7. The van der Waals surface area contributed by atoms with E-state index in [-0.39, 0.29) is 31.1 Å². The van der Waals surface area contributed by atoms with E-state index in [1.165, 1.54) is 161 Å². The molecule has 0 spiro atoms. The first-order valence-corrected chi connectivity index (χ1v) is 26.5. The zero-order chi connectivity index (χ0) is 44.4. The summed E-state index contributed by atoms with van der Waals surface area (Å²) in [5.74, 6) is -0.884. The third-order valence-electron chi connectivity index (χ3n) is 11.6. The van der Waals surface area contributed by atoms with E-state index in [2.05, 4.69) is 57.2 Å². The Morgan fingerprint density at radius 1 is 0.328 bits per heavy atom. The molecule has 0 bridgehead atoms. The summed E-state index contributed by atoms with van der Waals surface area (Å²) in [6, 6.07) is 0. The van der Waals surface area contributed by atoms with Gasteiger partial charge in [0.15, 0.2) is 6.10 Å². The van der Waals surface area contributed by atoms with Gasteiger partial charge < -0.3 is 14.2 Å². The van der Waals surface area contributed by atoms with Crippen molar-refractivity contribution >= 4 is 17.9 Å². The number of allylic oxidation sites excluding steroid dienone is 6. The Morgan fingerprint density at radius 3 is 0.951 bits per heavy atom. The smallest absolute Gasteiger partial charge is 0.306 e. The molecule has 0 rings (SSSR count). The number of esters is 3. The number of carbonyl (C=O) groups excluding carboxylic acids is 3. The van der Waals surface area contributed by atoms with E-state index < -0.39 is 6.10 Å². The summed E-state index contributed by atoms with van der Waals surface area (Å²) in [6.45, 7) is 6.61. The molecule has 6 heteroatoms. The van der Waals surface area contributed by atoms with Gasteiger partial charge in [0.25, 0.3) is 0 Å². The monoisotopic (exact) mass is 857 g/mol. The van der Waals surface area contributed by atoms with Crippen molar-refractivity contribution in [1.29, 1.82) is 0 Å². The molecule has 0 heterocycles. The van der Waals surface area contributed by atoms with Crippen LogP contribution in [0.2, 0.25) is 0 Å². The fraction of sp³-hybridized carbons (Fsp3) is 0.836. The highest BCUT2D eigenvalue weighted by molar-refractivity contribution is 5.71. The molecule has 61 heavy (non-hydrogen) atoms. The lowest BCUT2D eigenvalue weighted by molar-refractivity contribution is -0.167. The number of unbranched alkanes of at least 4 members (excludes halogenated alkanes) is 31. The van der Waals surface area contributed by atoms with Gasteiger partial charge in [-0.05, 0) is 77.0 Å². The average molecular weight is 857 g/mol. The molecule has 0 aromatic carbocycles. The number of hydrogen-bond acceptors (Lipinski definition) is 6. The number of hydrogen-bond donors (Lipinski definition) is 0. The Morgan fingerprint density at radius 2 is 0.590 bits per heavy atom. The molecule has 0 saturated carbocycles. The average Bonchev–Trinajstić information content (AvgIpc) is 3.26. The van der Waals surface area contributed by atoms with Crippen LogP contribution in [0.5, 0.6) is 0 Å². The van der Waals surface area contributed by atoms with Crippen LogP contribution in [0.1, 0.15) is 278 Å². The fourth-order valence-corrected chi connectivity index (χ4v) is 7.59. The van der Waals surface area contributed by atoms with Crippen LogP contribution in [0.15, 0.2) is 36.5 Å². The molecule has 0 aromatic heterocycles. The predicted molar refractivity (Wildman–Crippen MR) is 261 cm³/mol. The largest absolute Gasteiger partial charge is 0.462 e. The van der Waals surface area contributed by atoms with E-state index >= 15 is 0 Å². The highest BCUT2D eigenvalue weighted by atomic mass is 16.6. The van der Waals surface area contributed by atoms with Gasteiger partial charge in [0, 0.05) is 19.3 Å². The van der Waals surface area contributed by atoms with Crippen LogP contribution >= 0.6 is 0 Å². The number of rotatable bonds is 48. The third kappa shape index (κ3) is 48.5. The second kappa shape index (κ2) is 50.3. The standard InChI is InChI=1S/C55H100O6/c1-4-7-10-13-16-19-22-24-26-27-29-31-34-36-39-42-45-48-54(57)60-51-52(61-55(58)49-46-43-40-37-32-21-18-15-12-9-6-3)50-59-53(56)47-44-41-38-35-33-30-28-25-23-20-17-14-11-8-5-2/h17,20,24-26,28,52H,4-16,18-19,21-23,27,29-51H2,1-3H3/b20-17-,26-24-,28-25-/t52-/m1/s1. The van der Waals surface area contributed by atoms with Gasteiger partial charge in [0.05, 0.1) is 0 Å². The summed E-state index contributed by atoms with van der Waals surface area (Å²) in [6.07, 6.45) is 58.4. The van der Waals surface area contributed by atoms with Crippen molar-refractivity contribution in [3.63, 3.8) is 0 Å². The van der Waals surface area contributed by atoms with E-state index in [0.29, 0.717) is 19.3 Å². The summed E-state index contributed by atoms with van der Waals surface area (Å²) in [5, 5.41) is 0. The molecule has 0 fully saturated rings. The minimum absolute atomic E-state index is 0.0762. The molecule has 1 atom stereocenters. The second-order valence-corrected chi connectivity index (χ2v) is 17.8. The second-order valence-electron chi connectivity index (χ2n) is 17.8. The summed E-state index contributed by atoms with van der Waals surface area (Å²) >= 11 is 0. The number of carbonyl (C=O) groups is 3. The van der Waals surface area contributed by atoms with Gasteiger partial charge in [-0.2, -0.15) is 0 Å². The molecule has 0 aliphatic carbocycles. The van der Waals surface area contributed by atoms with Gasteiger partial charge in [-0.25, -0.2) is 0 Å². The Labute approximate surface area is 378 Å². The van der Waals surface area contributed by atoms with E-state index in [1.54, 1.807) is 0 Å². The normalized spacial score (nSPS) is 12.2. The molecule has 0 aromatic rings. The van der Waals surface area contributed by atoms with Crippen LogP contribution in [0.25, 0.3) is 0 Å². The van der Waals surface area contributed by atoms with Gasteiger partial charge in [-0.1, -0.05) is 218 Å². The highest BCUT2D eigenvalue weighted by Gasteiger charge is 2.19. The van der Waals surface area contributed by atoms with E-state index in [9.17, 15) is 14.4 Å². The zero-order valence-electron chi connectivity index (χ0n) is 40.7. The molecule has 0 radical (unpaired) electrons. The van der Waals surface area contributed by atoms with E-state index in [4.69, 9.17) is 14.2 Å². The molecule has 0 saturated heterocycles. The quantitative estimate of drug-likeness (QED) is 0.0262. The summed E-state index contributed by atoms with van der Waals surface area (Å²) < 4.78 is 16.8. The van der Waals surface area contributed by atoms with Crippen LogP contribution in [0.4, 0.5) is 0 Å². The first-order valence-electron chi connectivity index (χ1n) is 26.5. The maximum absolute atomic E-state index is 12.8. The van der Waals surface area contributed by atoms with Crippen LogP contribution in [0.3, 0.4) is 0 Å². The molecular formula is C55H100O6. The Kier molecular flexibility index (Phi) is 48.3. The van der Waals surface area contributed by atoms with Crippen LogP contribution in [-0.2, 0) is 28.6 Å². The Hall–Kier alpha value is -2.37. The Bertz CT molecular complexity index is 1030. The first-order chi connectivity index (χ1) is 30.0. The predicted octanol–water partition coefficient (Wildman–Crippen LogP) is 17.3. The van der Waals surface area contributed by atoms with Gasteiger partial charge in [-0.15, -0.1) is 0 Å². The van der Waals surface area contributed by atoms with Crippen molar-refractivity contribution in [3.8, 4) is 0 Å².